The number of nitrogens with zero attached hydrogens (tertiary/aromatic N) is 4. The summed E-state index contributed by atoms with van der Waals surface area (Å²) in [6.45, 7) is 3.48. The molecule has 22 heavy (non-hydrogen) atoms. The Morgan fingerprint density at radius 1 is 1.32 bits per heavy atom. The molecule has 0 spiro atoms. The normalized spacial score (nSPS) is 11.0. The van der Waals surface area contributed by atoms with Gasteiger partial charge in [-0.15, -0.1) is 34.2 Å². The van der Waals surface area contributed by atoms with Crippen LogP contribution < -0.4 is 10.6 Å². The standard InChI is InChI=1S/C14H19FN6.HI/c1-3-16-14(18-9-13-20-19-10-21(13)2)17-8-11-6-4-5-7-12(11)15;/h4-7,10H,3,8-9H2,1-2H3,(H2,16,17,18);1H. The lowest BCUT2D eigenvalue weighted by molar-refractivity contribution is 0.610. The highest BCUT2D eigenvalue weighted by atomic mass is 127. The first-order valence-electron chi connectivity index (χ1n) is 6.79. The van der Waals surface area contributed by atoms with Crippen LogP contribution in [0.1, 0.15) is 18.3 Å². The zero-order chi connectivity index (χ0) is 15.1. The van der Waals surface area contributed by atoms with Gasteiger partial charge in [0.1, 0.15) is 12.1 Å². The second-order valence-corrected chi connectivity index (χ2v) is 4.50. The highest BCUT2D eigenvalue weighted by molar-refractivity contribution is 14.0. The van der Waals surface area contributed by atoms with Crippen LogP contribution in [0.4, 0.5) is 4.39 Å². The lowest BCUT2D eigenvalue weighted by Crippen LogP contribution is -2.37. The fourth-order valence-corrected chi connectivity index (χ4v) is 1.76. The number of aliphatic imine (C=N–C) groups is 1. The van der Waals surface area contributed by atoms with E-state index in [9.17, 15) is 4.39 Å². The molecule has 0 bridgehead atoms. The Hall–Kier alpha value is -1.71. The van der Waals surface area contributed by atoms with Gasteiger partial charge in [-0.1, -0.05) is 18.2 Å². The fraction of sp³-hybridized carbons (Fsp3) is 0.357. The summed E-state index contributed by atoms with van der Waals surface area (Å²) >= 11 is 0. The second kappa shape index (κ2) is 9.34. The zero-order valence-electron chi connectivity index (χ0n) is 12.6. The topological polar surface area (TPSA) is 67.1 Å². The first kappa shape index (κ1) is 18.3. The number of nitrogens with one attached hydrogen (secondary N) is 2. The summed E-state index contributed by atoms with van der Waals surface area (Å²) < 4.78 is 15.4. The highest BCUT2D eigenvalue weighted by Crippen LogP contribution is 2.07. The van der Waals surface area contributed by atoms with Gasteiger partial charge < -0.3 is 15.2 Å². The maximum atomic E-state index is 13.6. The maximum absolute atomic E-state index is 13.6. The lowest BCUT2D eigenvalue weighted by atomic mass is 10.2. The number of aromatic nitrogens is 3. The molecule has 0 aliphatic carbocycles. The van der Waals surface area contributed by atoms with Crippen LogP contribution in [0.15, 0.2) is 35.6 Å². The fourth-order valence-electron chi connectivity index (χ4n) is 1.76. The first-order valence-corrected chi connectivity index (χ1v) is 6.79. The molecule has 0 aliphatic heterocycles. The third kappa shape index (κ3) is 5.24. The van der Waals surface area contributed by atoms with Crippen molar-refractivity contribution in [3.05, 3.63) is 47.8 Å². The van der Waals surface area contributed by atoms with Crippen molar-refractivity contribution < 1.29 is 4.39 Å². The van der Waals surface area contributed by atoms with E-state index >= 15 is 0 Å². The summed E-state index contributed by atoms with van der Waals surface area (Å²) in [6.07, 6.45) is 1.64. The van der Waals surface area contributed by atoms with Gasteiger partial charge in [-0.05, 0) is 13.0 Å². The summed E-state index contributed by atoms with van der Waals surface area (Å²) in [4.78, 5) is 4.37. The van der Waals surface area contributed by atoms with Gasteiger partial charge in [0.2, 0.25) is 0 Å². The number of halogens is 2. The third-order valence-corrected chi connectivity index (χ3v) is 2.93. The molecule has 2 aromatic rings. The van der Waals surface area contributed by atoms with E-state index in [1.165, 1.54) is 6.07 Å². The van der Waals surface area contributed by atoms with Gasteiger partial charge in [-0.2, -0.15) is 0 Å². The molecule has 0 atom stereocenters. The number of hydrogen-bond donors (Lipinski definition) is 2. The molecule has 1 heterocycles. The molecule has 2 rings (SSSR count). The van der Waals surface area contributed by atoms with Crippen LogP contribution in [0.2, 0.25) is 0 Å². The van der Waals surface area contributed by atoms with E-state index in [4.69, 9.17) is 0 Å². The van der Waals surface area contributed by atoms with Crippen LogP contribution in [-0.2, 0) is 20.1 Å². The molecule has 0 radical (unpaired) electrons. The maximum Gasteiger partial charge on any atom is 0.191 e. The Bertz CT molecular complexity index is 613. The number of hydrogen-bond acceptors (Lipinski definition) is 3. The van der Waals surface area contributed by atoms with Crippen LogP contribution >= 0.6 is 24.0 Å². The zero-order valence-corrected chi connectivity index (χ0v) is 14.9. The van der Waals surface area contributed by atoms with E-state index in [0.717, 1.165) is 12.4 Å². The summed E-state index contributed by atoms with van der Waals surface area (Å²) in [5.74, 6) is 1.17. The molecular weight excluding hydrogens is 398 g/mol. The second-order valence-electron chi connectivity index (χ2n) is 4.50. The molecule has 0 unspecified atom stereocenters. The first-order chi connectivity index (χ1) is 10.2. The Kier molecular flexibility index (Phi) is 7.78. The molecule has 1 aromatic heterocycles. The molecule has 2 N–H and O–H groups in total. The summed E-state index contributed by atoms with van der Waals surface area (Å²) in [5.41, 5.74) is 0.563. The van der Waals surface area contributed by atoms with Crippen LogP contribution in [0.5, 0.6) is 0 Å². The Balaban J connectivity index is 0.00000242. The third-order valence-electron chi connectivity index (χ3n) is 2.93. The van der Waals surface area contributed by atoms with Gasteiger partial charge in [0.25, 0.3) is 0 Å². The molecule has 120 valence electrons. The smallest absolute Gasteiger partial charge is 0.191 e. The minimum atomic E-state index is -0.245. The SMILES string of the molecule is CCNC(=NCc1ccccc1F)NCc1nncn1C.I. The van der Waals surface area contributed by atoms with E-state index in [0.29, 0.717) is 18.1 Å². The molecular formula is C14H20FIN6. The van der Waals surface area contributed by atoms with E-state index in [-0.39, 0.29) is 36.3 Å². The van der Waals surface area contributed by atoms with E-state index in [1.54, 1.807) is 24.5 Å². The van der Waals surface area contributed by atoms with Gasteiger partial charge in [0.05, 0.1) is 13.1 Å². The van der Waals surface area contributed by atoms with Crippen LogP contribution in [0, 0.1) is 5.82 Å². The molecule has 8 heteroatoms. The van der Waals surface area contributed by atoms with E-state index in [2.05, 4.69) is 25.8 Å². The van der Waals surface area contributed by atoms with Gasteiger partial charge in [0, 0.05) is 19.2 Å². The number of aryl methyl sites for hydroxylation is 1. The predicted octanol–water partition coefficient (Wildman–Crippen LogP) is 1.83. The van der Waals surface area contributed by atoms with Crippen molar-refractivity contribution in [1.82, 2.24) is 25.4 Å². The summed E-state index contributed by atoms with van der Waals surface area (Å²) in [5, 5.41) is 14.1. The molecule has 0 amide bonds. The lowest BCUT2D eigenvalue weighted by Gasteiger charge is -2.11. The average Bonchev–Trinajstić information content (AvgIpc) is 2.89. The monoisotopic (exact) mass is 418 g/mol. The van der Waals surface area contributed by atoms with Crippen molar-refractivity contribution in [3.8, 4) is 0 Å². The highest BCUT2D eigenvalue weighted by Gasteiger charge is 2.04. The number of guanidine groups is 1. The average molecular weight is 418 g/mol. The van der Waals surface area contributed by atoms with Gasteiger partial charge in [-0.25, -0.2) is 9.38 Å². The molecule has 6 nitrogen and oxygen atoms in total. The van der Waals surface area contributed by atoms with Crippen molar-refractivity contribution >= 4 is 29.9 Å². The predicted molar refractivity (Wildman–Crippen MR) is 94.5 cm³/mol. The van der Waals surface area contributed by atoms with E-state index in [1.807, 2.05) is 18.5 Å². The van der Waals surface area contributed by atoms with E-state index < -0.39 is 0 Å². The van der Waals surface area contributed by atoms with Crippen molar-refractivity contribution in [2.45, 2.75) is 20.0 Å². The van der Waals surface area contributed by atoms with Crippen molar-refractivity contribution in [1.29, 1.82) is 0 Å². The molecule has 0 saturated heterocycles. The minimum Gasteiger partial charge on any atom is -0.357 e. The molecule has 0 saturated carbocycles. The van der Waals surface area contributed by atoms with Gasteiger partial charge >= 0.3 is 0 Å². The summed E-state index contributed by atoms with van der Waals surface area (Å²) in [6, 6.07) is 6.63. The van der Waals surface area contributed by atoms with Crippen LogP contribution in [0.3, 0.4) is 0 Å². The molecule has 0 aliphatic rings. The minimum absolute atomic E-state index is 0. The van der Waals surface area contributed by atoms with Crippen LogP contribution in [-0.4, -0.2) is 27.3 Å². The Morgan fingerprint density at radius 3 is 2.73 bits per heavy atom. The molecule has 0 fully saturated rings. The number of benzene rings is 1. The Morgan fingerprint density at radius 2 is 2.09 bits per heavy atom. The largest absolute Gasteiger partial charge is 0.357 e. The molecule has 1 aromatic carbocycles. The van der Waals surface area contributed by atoms with Gasteiger partial charge in [0.15, 0.2) is 11.8 Å². The van der Waals surface area contributed by atoms with Crippen molar-refractivity contribution in [2.75, 3.05) is 6.54 Å². The summed E-state index contributed by atoms with van der Waals surface area (Å²) in [7, 11) is 1.88. The Labute approximate surface area is 146 Å². The number of rotatable bonds is 5. The van der Waals surface area contributed by atoms with Gasteiger partial charge in [-0.3, -0.25) is 0 Å². The quantitative estimate of drug-likeness (QED) is 0.442. The van der Waals surface area contributed by atoms with Crippen LogP contribution in [0.25, 0.3) is 0 Å². The van der Waals surface area contributed by atoms with Crippen molar-refractivity contribution in [3.63, 3.8) is 0 Å². The van der Waals surface area contributed by atoms with Crippen molar-refractivity contribution in [2.24, 2.45) is 12.0 Å².